The molecule has 1 saturated heterocycles. The first-order chi connectivity index (χ1) is 10.5. The fraction of sp³-hybridized carbons (Fsp3) is 0.143. The van der Waals surface area contributed by atoms with Gasteiger partial charge in [-0.3, -0.25) is 20.1 Å². The summed E-state index contributed by atoms with van der Waals surface area (Å²) in [5, 5.41) is 7.27. The topological polar surface area (TPSA) is 45.5 Å². The molecule has 1 atom stereocenters. The number of nitrogens with zero attached hydrogens (tertiary/aromatic N) is 4. The van der Waals surface area contributed by atoms with Gasteiger partial charge in [0.2, 0.25) is 0 Å². The maximum Gasteiger partial charge on any atom is 0.152 e. The largest absolute Gasteiger partial charge is 0.279 e. The van der Waals surface area contributed by atoms with Crippen LogP contribution in [-0.2, 0) is 0 Å². The van der Waals surface area contributed by atoms with Crippen LogP contribution in [-0.4, -0.2) is 22.7 Å². The van der Waals surface area contributed by atoms with Crippen LogP contribution in [0.25, 0.3) is 0 Å². The van der Waals surface area contributed by atoms with E-state index in [4.69, 9.17) is 34.8 Å². The van der Waals surface area contributed by atoms with Crippen LogP contribution in [0, 0.1) is 0 Å². The highest BCUT2D eigenvalue weighted by Gasteiger charge is 2.36. The summed E-state index contributed by atoms with van der Waals surface area (Å²) in [6, 6.07) is 4.85. The normalized spacial score (nSPS) is 19.8. The van der Waals surface area contributed by atoms with E-state index >= 15 is 0 Å². The molecule has 0 amide bonds. The summed E-state index contributed by atoms with van der Waals surface area (Å²) < 4.78 is 1.76. The number of aromatic nitrogens is 2. The molecule has 2 heterocycles. The van der Waals surface area contributed by atoms with Gasteiger partial charge in [-0.1, -0.05) is 41.4 Å². The molecule has 114 valence electrons. The summed E-state index contributed by atoms with van der Waals surface area (Å²) in [6.45, 7) is 4.12. The Morgan fingerprint density at radius 1 is 1.27 bits per heavy atom. The molecule has 0 saturated carbocycles. The molecule has 1 fully saturated rings. The first kappa shape index (κ1) is 15.2. The molecule has 0 aliphatic carbocycles. The van der Waals surface area contributed by atoms with E-state index in [0.717, 1.165) is 0 Å². The predicted octanol–water partition coefficient (Wildman–Crippen LogP) is 3.95. The Hall–Kier alpha value is -1.69. The van der Waals surface area contributed by atoms with Crippen LogP contribution < -0.4 is 10.4 Å². The molecule has 5 nitrogen and oxygen atoms in total. The molecule has 1 aromatic heterocycles. The van der Waals surface area contributed by atoms with Crippen LogP contribution in [0.5, 0.6) is 0 Å². The van der Waals surface area contributed by atoms with Gasteiger partial charge in [0.15, 0.2) is 6.04 Å². The number of halogens is 3. The van der Waals surface area contributed by atoms with Crippen molar-refractivity contribution in [3.8, 4) is 0 Å². The van der Waals surface area contributed by atoms with E-state index in [2.05, 4.69) is 22.1 Å². The fourth-order valence-corrected chi connectivity index (χ4v) is 3.34. The number of rotatable bonds is 2. The van der Waals surface area contributed by atoms with E-state index < -0.39 is 0 Å². The standard InChI is InChI=1S/C14H12Cl3N5/c1-8-12(21-5-3-4-19-21)14(18-2)20-22(8)13-10(16)6-9(15)7-11(13)17/h3-7,12H,1H2,2H3,(H,18,20). The lowest BCUT2D eigenvalue weighted by molar-refractivity contribution is 0.637. The zero-order valence-corrected chi connectivity index (χ0v) is 13.9. The number of hydrogen-bond donors (Lipinski definition) is 1. The lowest BCUT2D eigenvalue weighted by Crippen LogP contribution is -2.32. The van der Waals surface area contributed by atoms with Crippen LogP contribution in [0.15, 0.2) is 47.9 Å². The number of aliphatic imine (C=N–C) groups is 1. The van der Waals surface area contributed by atoms with Gasteiger partial charge in [0.25, 0.3) is 0 Å². The number of nitrogens with one attached hydrogen (secondary N) is 1. The van der Waals surface area contributed by atoms with Gasteiger partial charge in [-0.15, -0.1) is 0 Å². The van der Waals surface area contributed by atoms with E-state index in [0.29, 0.717) is 32.3 Å². The maximum absolute atomic E-state index is 6.29. The third kappa shape index (κ3) is 2.45. The van der Waals surface area contributed by atoms with Crippen LogP contribution in [0.1, 0.15) is 6.04 Å². The molecule has 8 heteroatoms. The minimum atomic E-state index is -0.247. The smallest absolute Gasteiger partial charge is 0.152 e. The summed E-state index contributed by atoms with van der Waals surface area (Å²) in [6.07, 6.45) is 3.54. The van der Waals surface area contributed by atoms with Crippen molar-refractivity contribution in [3.63, 3.8) is 0 Å². The van der Waals surface area contributed by atoms with Gasteiger partial charge in [0.05, 0.1) is 15.7 Å². The zero-order valence-electron chi connectivity index (χ0n) is 11.6. The quantitative estimate of drug-likeness (QED) is 0.886. The first-order valence-corrected chi connectivity index (χ1v) is 7.52. The average molecular weight is 357 g/mol. The second-order valence-electron chi connectivity index (χ2n) is 4.65. The number of hydrazine groups is 1. The van der Waals surface area contributed by atoms with Crippen LogP contribution in [0.4, 0.5) is 5.69 Å². The predicted molar refractivity (Wildman–Crippen MR) is 90.8 cm³/mol. The Labute approximate surface area is 142 Å². The lowest BCUT2D eigenvalue weighted by atomic mass is 10.2. The number of benzene rings is 1. The van der Waals surface area contributed by atoms with E-state index in [1.807, 2.05) is 12.3 Å². The van der Waals surface area contributed by atoms with E-state index in [1.165, 1.54) is 0 Å². The third-order valence-electron chi connectivity index (χ3n) is 3.32. The SMILES string of the molecule is C=C1C(n2cccn2)C(=NC)NN1c1c(Cl)cc(Cl)cc1Cl. The summed E-state index contributed by atoms with van der Waals surface area (Å²) >= 11 is 18.5. The van der Waals surface area contributed by atoms with Crippen LogP contribution >= 0.6 is 34.8 Å². The number of anilines is 1. The highest BCUT2D eigenvalue weighted by molar-refractivity contribution is 6.42. The van der Waals surface area contributed by atoms with Crippen LogP contribution in [0.3, 0.4) is 0 Å². The maximum atomic E-state index is 6.29. The van der Waals surface area contributed by atoms with Gasteiger partial charge in [-0.2, -0.15) is 5.10 Å². The van der Waals surface area contributed by atoms with Crippen molar-refractivity contribution in [1.82, 2.24) is 15.2 Å². The van der Waals surface area contributed by atoms with Gasteiger partial charge >= 0.3 is 0 Å². The molecule has 1 aliphatic heterocycles. The van der Waals surface area contributed by atoms with Gasteiger partial charge in [-0.05, 0) is 18.2 Å². The Morgan fingerprint density at radius 3 is 2.50 bits per heavy atom. The third-order valence-corrected chi connectivity index (χ3v) is 4.12. The average Bonchev–Trinajstić information content (AvgIpc) is 3.06. The molecule has 0 bridgehead atoms. The van der Waals surface area contributed by atoms with E-state index in [1.54, 1.807) is 35.1 Å². The monoisotopic (exact) mass is 355 g/mol. The molecule has 3 rings (SSSR count). The lowest BCUT2D eigenvalue weighted by Gasteiger charge is -2.22. The Balaban J connectivity index is 2.06. The van der Waals surface area contributed by atoms with Crippen molar-refractivity contribution in [2.75, 3.05) is 12.1 Å². The van der Waals surface area contributed by atoms with Gasteiger partial charge in [0.1, 0.15) is 11.5 Å². The molecule has 1 aliphatic rings. The molecular weight excluding hydrogens is 345 g/mol. The summed E-state index contributed by atoms with van der Waals surface area (Å²) in [5.41, 5.74) is 4.44. The van der Waals surface area contributed by atoms with E-state index in [-0.39, 0.29) is 6.04 Å². The molecule has 0 spiro atoms. The Morgan fingerprint density at radius 2 is 1.95 bits per heavy atom. The minimum Gasteiger partial charge on any atom is -0.279 e. The van der Waals surface area contributed by atoms with Crippen molar-refractivity contribution in [2.24, 2.45) is 4.99 Å². The highest BCUT2D eigenvalue weighted by atomic mass is 35.5. The molecule has 1 aromatic carbocycles. The number of amidine groups is 1. The van der Waals surface area contributed by atoms with Crippen LogP contribution in [0.2, 0.25) is 15.1 Å². The molecule has 1 N–H and O–H groups in total. The molecule has 2 aromatic rings. The summed E-state index contributed by atoms with van der Waals surface area (Å²) in [4.78, 5) is 4.26. The molecule has 0 radical (unpaired) electrons. The van der Waals surface area contributed by atoms with E-state index in [9.17, 15) is 0 Å². The molecule has 1 unspecified atom stereocenters. The van der Waals surface area contributed by atoms with Crippen molar-refractivity contribution in [2.45, 2.75) is 6.04 Å². The fourth-order valence-electron chi connectivity index (χ4n) is 2.36. The van der Waals surface area contributed by atoms with Crippen molar-refractivity contribution >= 4 is 46.3 Å². The minimum absolute atomic E-state index is 0.247. The molecular formula is C14H12Cl3N5. The Bertz CT molecular complexity index is 731. The first-order valence-electron chi connectivity index (χ1n) is 6.39. The molecule has 22 heavy (non-hydrogen) atoms. The van der Waals surface area contributed by atoms with Crippen molar-refractivity contribution < 1.29 is 0 Å². The highest BCUT2D eigenvalue weighted by Crippen LogP contribution is 2.40. The van der Waals surface area contributed by atoms with Gasteiger partial charge < -0.3 is 0 Å². The number of hydrogen-bond acceptors (Lipinski definition) is 3. The second kappa shape index (κ2) is 5.83. The van der Waals surface area contributed by atoms with Crippen molar-refractivity contribution in [1.29, 1.82) is 0 Å². The summed E-state index contributed by atoms with van der Waals surface area (Å²) in [7, 11) is 1.70. The van der Waals surface area contributed by atoms with Gasteiger partial charge in [-0.25, -0.2) is 0 Å². The summed E-state index contributed by atoms with van der Waals surface area (Å²) in [5.74, 6) is 0.691. The second-order valence-corrected chi connectivity index (χ2v) is 5.90. The zero-order chi connectivity index (χ0) is 15.9. The Kier molecular flexibility index (Phi) is 4.04. The van der Waals surface area contributed by atoms with Crippen molar-refractivity contribution in [3.05, 3.63) is 57.9 Å². The van der Waals surface area contributed by atoms with Gasteiger partial charge in [0, 0.05) is 24.5 Å².